The van der Waals surface area contributed by atoms with E-state index in [1.54, 1.807) is 4.90 Å². The zero-order valence-corrected chi connectivity index (χ0v) is 13.1. The molecule has 124 valence electrons. The second-order valence-corrected chi connectivity index (χ2v) is 6.25. The summed E-state index contributed by atoms with van der Waals surface area (Å²) in [7, 11) is 0. The van der Waals surface area contributed by atoms with Gasteiger partial charge in [-0.2, -0.15) is 0 Å². The minimum Gasteiger partial charge on any atom is -0.439 e. The summed E-state index contributed by atoms with van der Waals surface area (Å²) >= 11 is 0. The van der Waals surface area contributed by atoms with Gasteiger partial charge in [0, 0.05) is 12.1 Å². The van der Waals surface area contributed by atoms with Crippen LogP contribution in [-0.2, 0) is 4.74 Å². The highest BCUT2D eigenvalue weighted by Crippen LogP contribution is 2.30. The molecular formula is C17H18N4O3. The van der Waals surface area contributed by atoms with Crippen molar-refractivity contribution in [3.63, 3.8) is 0 Å². The molecule has 24 heavy (non-hydrogen) atoms. The number of nitrogens with zero attached hydrogens (tertiary/aromatic N) is 2. The van der Waals surface area contributed by atoms with Crippen molar-refractivity contribution in [2.24, 2.45) is 0 Å². The summed E-state index contributed by atoms with van der Waals surface area (Å²) < 4.78 is 5.43. The molecule has 2 amide bonds. The van der Waals surface area contributed by atoms with Gasteiger partial charge in [-0.3, -0.25) is 4.79 Å². The van der Waals surface area contributed by atoms with Gasteiger partial charge < -0.3 is 19.9 Å². The van der Waals surface area contributed by atoms with Crippen LogP contribution in [0.4, 0.5) is 4.79 Å². The third kappa shape index (κ3) is 2.51. The number of piperidine rings is 1. The van der Waals surface area contributed by atoms with Crippen molar-refractivity contribution < 1.29 is 14.3 Å². The zero-order valence-electron chi connectivity index (χ0n) is 13.1. The van der Waals surface area contributed by atoms with Crippen LogP contribution in [0.15, 0.2) is 36.7 Å². The Balaban J connectivity index is 1.59. The van der Waals surface area contributed by atoms with Crippen LogP contribution in [0.2, 0.25) is 0 Å². The first-order valence-electron chi connectivity index (χ1n) is 8.02. The standard InChI is InChI=1S/C17H18N4O3/c22-15(14-13(19-11-20-14)12-5-2-1-3-6-12)21-8-4-7-17(10-21)9-18-16(23)24-17/h1-3,5-6,11H,4,7-10H2,(H,18,23)(H,19,20)/t17-/m0/s1. The van der Waals surface area contributed by atoms with Crippen LogP contribution in [0.3, 0.4) is 0 Å². The topological polar surface area (TPSA) is 87.3 Å². The Bertz CT molecular complexity index is 773. The van der Waals surface area contributed by atoms with Crippen LogP contribution in [0.25, 0.3) is 11.3 Å². The quantitative estimate of drug-likeness (QED) is 0.881. The molecular weight excluding hydrogens is 308 g/mol. The van der Waals surface area contributed by atoms with Crippen molar-refractivity contribution in [2.45, 2.75) is 18.4 Å². The smallest absolute Gasteiger partial charge is 0.407 e. The maximum atomic E-state index is 13.0. The fraction of sp³-hybridized carbons (Fsp3) is 0.353. The predicted molar refractivity (Wildman–Crippen MR) is 86.4 cm³/mol. The molecule has 2 saturated heterocycles. The van der Waals surface area contributed by atoms with Crippen molar-refractivity contribution in [1.82, 2.24) is 20.2 Å². The Kier molecular flexibility index (Phi) is 3.48. The molecule has 4 rings (SSSR count). The fourth-order valence-corrected chi connectivity index (χ4v) is 3.43. The van der Waals surface area contributed by atoms with E-state index in [2.05, 4.69) is 15.3 Å². The van der Waals surface area contributed by atoms with Crippen LogP contribution in [0.1, 0.15) is 23.3 Å². The van der Waals surface area contributed by atoms with E-state index >= 15 is 0 Å². The largest absolute Gasteiger partial charge is 0.439 e. The lowest BCUT2D eigenvalue weighted by Gasteiger charge is -2.38. The maximum Gasteiger partial charge on any atom is 0.407 e. The van der Waals surface area contributed by atoms with Gasteiger partial charge in [-0.25, -0.2) is 9.78 Å². The molecule has 2 aliphatic rings. The first-order chi connectivity index (χ1) is 11.7. The van der Waals surface area contributed by atoms with Crippen LogP contribution in [-0.4, -0.2) is 52.1 Å². The van der Waals surface area contributed by atoms with Crippen LogP contribution < -0.4 is 5.32 Å². The highest BCUT2D eigenvalue weighted by molar-refractivity contribution is 5.98. The van der Waals surface area contributed by atoms with Gasteiger partial charge in [0.05, 0.1) is 19.4 Å². The van der Waals surface area contributed by atoms with Gasteiger partial charge in [0.1, 0.15) is 17.0 Å². The number of aromatic nitrogens is 2. The van der Waals surface area contributed by atoms with E-state index in [0.717, 1.165) is 18.4 Å². The number of hydrogen-bond acceptors (Lipinski definition) is 4. The normalized spacial score (nSPS) is 23.2. The number of carbonyl (C=O) groups excluding carboxylic acids is 2. The molecule has 2 aliphatic heterocycles. The number of hydrogen-bond donors (Lipinski definition) is 2. The van der Waals surface area contributed by atoms with E-state index in [1.165, 1.54) is 6.33 Å². The molecule has 7 heteroatoms. The van der Waals surface area contributed by atoms with Gasteiger partial charge in [-0.05, 0) is 12.8 Å². The number of carbonyl (C=O) groups is 2. The molecule has 2 aromatic rings. The average molecular weight is 326 g/mol. The number of benzene rings is 1. The molecule has 1 aromatic carbocycles. The number of imidazole rings is 1. The Morgan fingerprint density at radius 3 is 2.88 bits per heavy atom. The summed E-state index contributed by atoms with van der Waals surface area (Å²) in [5, 5.41) is 2.69. The predicted octanol–water partition coefficient (Wildman–Crippen LogP) is 1.79. The first-order valence-corrected chi connectivity index (χ1v) is 8.02. The molecule has 0 unspecified atom stereocenters. The highest BCUT2D eigenvalue weighted by atomic mass is 16.6. The van der Waals surface area contributed by atoms with Crippen molar-refractivity contribution in [1.29, 1.82) is 0 Å². The molecule has 2 fully saturated rings. The number of alkyl carbamates (subject to hydrolysis) is 1. The molecule has 2 N–H and O–H groups in total. The number of nitrogens with one attached hydrogen (secondary N) is 2. The lowest BCUT2D eigenvalue weighted by atomic mass is 9.92. The van der Waals surface area contributed by atoms with Crippen molar-refractivity contribution >= 4 is 12.0 Å². The van der Waals surface area contributed by atoms with E-state index in [1.807, 2.05) is 30.3 Å². The molecule has 1 spiro atoms. The van der Waals surface area contributed by atoms with Crippen LogP contribution in [0, 0.1) is 0 Å². The van der Waals surface area contributed by atoms with Gasteiger partial charge in [0.15, 0.2) is 0 Å². The minimum absolute atomic E-state index is 0.117. The monoisotopic (exact) mass is 326 g/mol. The van der Waals surface area contributed by atoms with Crippen LogP contribution >= 0.6 is 0 Å². The Morgan fingerprint density at radius 2 is 2.12 bits per heavy atom. The number of H-pyrrole nitrogens is 1. The number of ether oxygens (including phenoxy) is 1. The Morgan fingerprint density at radius 1 is 1.29 bits per heavy atom. The summed E-state index contributed by atoms with van der Waals surface area (Å²) in [4.78, 5) is 33.4. The second kappa shape index (κ2) is 5.67. The van der Waals surface area contributed by atoms with Gasteiger partial charge in [-0.1, -0.05) is 30.3 Å². The van der Waals surface area contributed by atoms with Gasteiger partial charge >= 0.3 is 6.09 Å². The molecule has 0 saturated carbocycles. The lowest BCUT2D eigenvalue weighted by Crippen LogP contribution is -2.52. The molecule has 3 heterocycles. The molecule has 1 aromatic heterocycles. The lowest BCUT2D eigenvalue weighted by molar-refractivity contribution is -0.00519. The Hall–Kier alpha value is -2.83. The molecule has 0 aliphatic carbocycles. The second-order valence-electron chi connectivity index (χ2n) is 6.25. The number of likely N-dealkylation sites (tertiary alicyclic amines) is 1. The molecule has 0 radical (unpaired) electrons. The average Bonchev–Trinajstić information content (AvgIpc) is 3.22. The number of rotatable bonds is 2. The van der Waals surface area contributed by atoms with E-state index in [4.69, 9.17) is 4.74 Å². The first kappa shape index (κ1) is 14.7. The molecule has 7 nitrogen and oxygen atoms in total. The maximum absolute atomic E-state index is 13.0. The minimum atomic E-state index is -0.599. The number of aromatic amines is 1. The summed E-state index contributed by atoms with van der Waals surface area (Å²) in [6.07, 6.45) is 2.70. The zero-order chi connectivity index (χ0) is 16.6. The highest BCUT2D eigenvalue weighted by Gasteiger charge is 2.45. The van der Waals surface area contributed by atoms with Crippen molar-refractivity contribution in [2.75, 3.05) is 19.6 Å². The van der Waals surface area contributed by atoms with Gasteiger partial charge in [-0.15, -0.1) is 0 Å². The van der Waals surface area contributed by atoms with Crippen molar-refractivity contribution in [3.05, 3.63) is 42.4 Å². The summed E-state index contributed by atoms with van der Waals surface area (Å²) in [6.45, 7) is 1.49. The fourth-order valence-electron chi connectivity index (χ4n) is 3.43. The van der Waals surface area contributed by atoms with Gasteiger partial charge in [0.2, 0.25) is 0 Å². The number of amides is 2. The van der Waals surface area contributed by atoms with Crippen molar-refractivity contribution in [3.8, 4) is 11.3 Å². The van der Waals surface area contributed by atoms with Gasteiger partial charge in [0.25, 0.3) is 5.91 Å². The third-order valence-electron chi connectivity index (χ3n) is 4.59. The SMILES string of the molecule is O=C1NC[C@]2(CCCN(C(=O)c3[nH]cnc3-c3ccccc3)C2)O1. The van der Waals surface area contributed by atoms with Crippen LogP contribution in [0.5, 0.6) is 0 Å². The van der Waals surface area contributed by atoms with E-state index in [0.29, 0.717) is 31.0 Å². The summed E-state index contributed by atoms with van der Waals surface area (Å²) in [5.74, 6) is -0.117. The molecule has 1 atom stereocenters. The van der Waals surface area contributed by atoms with E-state index in [9.17, 15) is 9.59 Å². The summed E-state index contributed by atoms with van der Waals surface area (Å²) in [5.41, 5.74) is 1.40. The third-order valence-corrected chi connectivity index (χ3v) is 4.59. The van der Waals surface area contributed by atoms with E-state index < -0.39 is 11.7 Å². The molecule has 0 bridgehead atoms. The summed E-state index contributed by atoms with van der Waals surface area (Å²) in [6, 6.07) is 9.60. The Labute approximate surface area is 139 Å². The van der Waals surface area contributed by atoms with E-state index in [-0.39, 0.29) is 5.91 Å².